The van der Waals surface area contributed by atoms with Gasteiger partial charge in [0.25, 0.3) is 10.1 Å². The summed E-state index contributed by atoms with van der Waals surface area (Å²) in [4.78, 5) is 37.9. The van der Waals surface area contributed by atoms with Gasteiger partial charge in [-0.1, -0.05) is 25.0 Å². The van der Waals surface area contributed by atoms with Crippen LogP contribution in [0.5, 0.6) is 0 Å². The van der Waals surface area contributed by atoms with Crippen molar-refractivity contribution < 1.29 is 50.7 Å². The summed E-state index contributed by atoms with van der Waals surface area (Å²) < 4.78 is 59.7. The molecule has 0 saturated heterocycles. The topological polar surface area (TPSA) is 189 Å². The first-order chi connectivity index (χ1) is 19.3. The molecule has 0 radical (unpaired) electrons. The highest BCUT2D eigenvalue weighted by molar-refractivity contribution is 7.91. The predicted molar refractivity (Wildman–Crippen MR) is 152 cm³/mol. The van der Waals surface area contributed by atoms with Gasteiger partial charge >= 0.3 is 5.97 Å². The summed E-state index contributed by atoms with van der Waals surface area (Å²) in [7, 11) is -7.87. The minimum Gasteiger partial charge on any atom is -0.458 e. The van der Waals surface area contributed by atoms with E-state index in [2.05, 4.69) is 6.92 Å². The van der Waals surface area contributed by atoms with Crippen LogP contribution < -0.4 is 0 Å². The number of esters is 1. The molecule has 11 nitrogen and oxygen atoms in total. The Labute approximate surface area is 247 Å². The molecule has 13 heteroatoms. The smallest absolute Gasteiger partial charge is 0.307 e. The van der Waals surface area contributed by atoms with Crippen molar-refractivity contribution in [2.45, 2.75) is 83.8 Å². The van der Waals surface area contributed by atoms with Gasteiger partial charge in [-0.2, -0.15) is 8.42 Å². The Kier molecular flexibility index (Phi) is 9.05. The Morgan fingerprint density at radius 3 is 2.38 bits per heavy atom. The summed E-state index contributed by atoms with van der Waals surface area (Å²) >= 11 is 0. The maximum atomic E-state index is 13.4. The van der Waals surface area contributed by atoms with Gasteiger partial charge in [-0.25, -0.2) is 8.42 Å². The molecule has 3 saturated carbocycles. The van der Waals surface area contributed by atoms with Crippen LogP contribution in [-0.4, -0.2) is 84.7 Å². The molecule has 0 aromatic heterocycles. The van der Waals surface area contributed by atoms with Gasteiger partial charge in [-0.15, -0.1) is 0 Å². The Morgan fingerprint density at radius 1 is 1.05 bits per heavy atom. The second kappa shape index (κ2) is 11.5. The van der Waals surface area contributed by atoms with E-state index in [1.807, 2.05) is 13.8 Å². The minimum atomic E-state index is -4.18. The average molecular weight is 631 g/mol. The number of unbranched alkanes of at least 4 members (excludes halogenated alkanes) is 1. The first kappa shape index (κ1) is 33.0. The van der Waals surface area contributed by atoms with Crippen molar-refractivity contribution in [2.24, 2.45) is 28.6 Å². The average Bonchev–Trinajstić information content (AvgIpc) is 3.15. The fourth-order valence-electron chi connectivity index (χ4n) is 8.43. The van der Waals surface area contributed by atoms with E-state index in [4.69, 9.17) is 9.29 Å². The van der Waals surface area contributed by atoms with Gasteiger partial charge in [0.15, 0.2) is 22.2 Å². The van der Waals surface area contributed by atoms with E-state index in [1.165, 1.54) is 0 Å². The zero-order chi connectivity index (χ0) is 31.3. The number of carbonyl (C=O) groups is 3. The predicted octanol–water partition coefficient (Wildman–Crippen LogP) is 1.97. The van der Waals surface area contributed by atoms with Crippen LogP contribution in [0.15, 0.2) is 23.3 Å². The molecule has 4 rings (SSSR count). The van der Waals surface area contributed by atoms with Crippen LogP contribution >= 0.6 is 0 Å². The van der Waals surface area contributed by atoms with Crippen LogP contribution in [0.2, 0.25) is 0 Å². The lowest BCUT2D eigenvalue weighted by atomic mass is 9.45. The number of aliphatic hydroxyl groups is 2. The zero-order valence-electron chi connectivity index (χ0n) is 24.4. The highest BCUT2D eigenvalue weighted by Gasteiger charge is 2.68. The van der Waals surface area contributed by atoms with E-state index in [0.29, 0.717) is 12.8 Å². The van der Waals surface area contributed by atoms with E-state index in [1.54, 1.807) is 12.2 Å². The number of allylic oxidation sites excluding steroid dienone is 4. The molecule has 0 spiro atoms. The molecule has 1 unspecified atom stereocenters. The van der Waals surface area contributed by atoms with Crippen molar-refractivity contribution in [2.75, 3.05) is 23.9 Å². The Morgan fingerprint density at radius 2 is 1.71 bits per heavy atom. The maximum Gasteiger partial charge on any atom is 0.307 e. The molecule has 4 aliphatic carbocycles. The second-order valence-corrected chi connectivity index (χ2v) is 16.9. The first-order valence-corrected chi connectivity index (χ1v) is 18.0. The molecule has 0 aromatic rings. The molecular weight excluding hydrogens is 588 g/mol. The lowest BCUT2D eigenvalue weighted by Crippen LogP contribution is -2.62. The van der Waals surface area contributed by atoms with Crippen LogP contribution in [0, 0.1) is 28.6 Å². The van der Waals surface area contributed by atoms with Gasteiger partial charge in [0.2, 0.25) is 5.78 Å². The first-order valence-electron chi connectivity index (χ1n) is 14.5. The van der Waals surface area contributed by atoms with Gasteiger partial charge in [-0.3, -0.25) is 18.9 Å². The van der Waals surface area contributed by atoms with E-state index in [0.717, 1.165) is 17.6 Å². The number of rotatable bonds is 11. The maximum absolute atomic E-state index is 13.4. The van der Waals surface area contributed by atoms with Crippen LogP contribution in [0.4, 0.5) is 0 Å². The monoisotopic (exact) mass is 630 g/mol. The fourth-order valence-corrected chi connectivity index (χ4v) is 10.3. The lowest BCUT2D eigenvalue weighted by molar-refractivity contribution is -0.181. The molecule has 42 heavy (non-hydrogen) atoms. The number of Topliss-reactive ketones (excluding diaryl/α,β-unsaturated/α-hetero) is 1. The van der Waals surface area contributed by atoms with Gasteiger partial charge in [-0.05, 0) is 75.9 Å². The van der Waals surface area contributed by atoms with Crippen LogP contribution in [-0.2, 0) is 39.1 Å². The molecule has 0 heterocycles. The van der Waals surface area contributed by atoms with Crippen molar-refractivity contribution >= 4 is 37.5 Å². The molecule has 3 fully saturated rings. The van der Waals surface area contributed by atoms with Crippen LogP contribution in [0.1, 0.15) is 72.1 Å². The highest BCUT2D eigenvalue weighted by Crippen LogP contribution is 2.68. The number of aliphatic hydroxyl groups excluding tert-OH is 1. The van der Waals surface area contributed by atoms with Crippen molar-refractivity contribution in [1.29, 1.82) is 0 Å². The molecule has 236 valence electrons. The number of sulfone groups is 1. The summed E-state index contributed by atoms with van der Waals surface area (Å²) in [6, 6.07) is 0. The molecule has 7 atom stereocenters. The minimum absolute atomic E-state index is 0.000865. The van der Waals surface area contributed by atoms with Gasteiger partial charge < -0.3 is 14.9 Å². The third kappa shape index (κ3) is 6.04. The number of ether oxygens (including phenoxy) is 1. The molecule has 3 N–H and O–H groups in total. The number of fused-ring (bicyclic) bond motifs is 5. The standard InChI is InChI=1S/C29H42O11S2/c1-18-14-20(30)15-19-6-7-21-22-8-10-29(34,27(22,2)16-23(31)26(21)28(18,19)3)24(32)17-40-25(33)9-13-41(35,36)11-4-5-12-42(37,38)39/h14-15,21-23,26,31,34H,4-13,16-17H2,1-3H3,(H,37,38,39)/t21-,22-,23?,26+,27-,28-,29-/m0/s1. The summed E-state index contributed by atoms with van der Waals surface area (Å²) in [5.74, 6) is -3.30. The molecule has 0 amide bonds. The summed E-state index contributed by atoms with van der Waals surface area (Å²) in [5.41, 5.74) is -1.32. The van der Waals surface area contributed by atoms with Crippen LogP contribution in [0.3, 0.4) is 0 Å². The quantitative estimate of drug-likeness (QED) is 0.172. The molecule has 0 aliphatic heterocycles. The zero-order valence-corrected chi connectivity index (χ0v) is 26.0. The van der Waals surface area contributed by atoms with Gasteiger partial charge in [0.05, 0.1) is 29.8 Å². The summed E-state index contributed by atoms with van der Waals surface area (Å²) in [6.45, 7) is 5.10. The number of carbonyl (C=O) groups excluding carboxylic acids is 3. The normalized spacial score (nSPS) is 36.3. The van der Waals surface area contributed by atoms with E-state index < -0.39 is 78.8 Å². The number of hydrogen-bond donors (Lipinski definition) is 3. The summed E-state index contributed by atoms with van der Waals surface area (Å²) in [6.07, 6.45) is 4.26. The molecule has 0 bridgehead atoms. The third-order valence-electron chi connectivity index (χ3n) is 10.7. The van der Waals surface area contributed by atoms with E-state index in [-0.39, 0.29) is 55.0 Å². The van der Waals surface area contributed by atoms with Crippen LogP contribution in [0.25, 0.3) is 0 Å². The molecule has 4 aliphatic rings. The van der Waals surface area contributed by atoms with E-state index >= 15 is 0 Å². The van der Waals surface area contributed by atoms with Crippen molar-refractivity contribution in [3.05, 3.63) is 23.3 Å². The van der Waals surface area contributed by atoms with E-state index in [9.17, 15) is 41.4 Å². The largest absolute Gasteiger partial charge is 0.458 e. The number of hydrogen-bond acceptors (Lipinski definition) is 10. The molecular formula is C29H42O11S2. The Bertz CT molecular complexity index is 1410. The SMILES string of the molecule is CC1=CC(=O)C=C2CC[C@@H]3[C@H](C(O)C[C@@]4(C)[C@H]3CC[C@]4(O)C(=O)COC(=O)CCS(=O)(=O)CCCCS(=O)(=O)O)[C@@]12C. The highest BCUT2D eigenvalue weighted by atomic mass is 32.2. The summed E-state index contributed by atoms with van der Waals surface area (Å²) in [5, 5.41) is 23.3. The fraction of sp³-hybridized carbons (Fsp3) is 0.759. The Balaban J connectivity index is 1.37. The van der Waals surface area contributed by atoms with Gasteiger partial charge in [0.1, 0.15) is 5.60 Å². The lowest BCUT2D eigenvalue weighted by Gasteiger charge is -2.60. The molecule has 0 aromatic carbocycles. The van der Waals surface area contributed by atoms with Gasteiger partial charge in [0, 0.05) is 16.7 Å². The number of ketones is 2. The third-order valence-corrected chi connectivity index (χ3v) is 13.3. The Hall–Kier alpha value is -1.93. The van der Waals surface area contributed by atoms with Crippen molar-refractivity contribution in [3.8, 4) is 0 Å². The van der Waals surface area contributed by atoms with Crippen molar-refractivity contribution in [1.82, 2.24) is 0 Å². The van der Waals surface area contributed by atoms with Crippen molar-refractivity contribution in [3.63, 3.8) is 0 Å². The second-order valence-electron chi connectivity index (χ2n) is 13.0.